The van der Waals surface area contributed by atoms with Gasteiger partial charge in [0.25, 0.3) is 0 Å². The number of hydroxylamine groups is 1. The largest absolute Gasteiger partial charge is 0.399 e. The number of nitrogens with two attached hydrogens (primary N) is 1. The van der Waals surface area contributed by atoms with Crippen molar-refractivity contribution >= 4 is 11.4 Å². The predicted octanol–water partition coefficient (Wildman–Crippen LogP) is 1.72. The van der Waals surface area contributed by atoms with Crippen LogP contribution in [0.15, 0.2) is 18.2 Å². The highest BCUT2D eigenvalue weighted by Crippen LogP contribution is 2.23. The summed E-state index contributed by atoms with van der Waals surface area (Å²) in [5, 5.41) is 1.92. The van der Waals surface area contributed by atoms with Crippen LogP contribution in [0, 0.1) is 6.92 Å². The molecule has 2 rings (SSSR count). The van der Waals surface area contributed by atoms with E-state index in [0.717, 1.165) is 36.5 Å². The van der Waals surface area contributed by atoms with Gasteiger partial charge in [0.15, 0.2) is 0 Å². The van der Waals surface area contributed by atoms with E-state index in [9.17, 15) is 0 Å². The third kappa shape index (κ3) is 1.60. The normalized spacial score (nSPS) is 16.5. The molecular weight excluding hydrogens is 164 g/mol. The fourth-order valence-electron chi connectivity index (χ4n) is 1.47. The molecule has 0 saturated carbocycles. The second-order valence-electron chi connectivity index (χ2n) is 3.33. The van der Waals surface area contributed by atoms with Gasteiger partial charge in [0, 0.05) is 12.2 Å². The van der Waals surface area contributed by atoms with Crippen LogP contribution >= 0.6 is 0 Å². The van der Waals surface area contributed by atoms with E-state index in [2.05, 4.69) is 6.07 Å². The molecule has 0 spiro atoms. The molecule has 1 heterocycles. The summed E-state index contributed by atoms with van der Waals surface area (Å²) in [5.74, 6) is 0. The van der Waals surface area contributed by atoms with Crippen molar-refractivity contribution in [2.75, 3.05) is 23.9 Å². The van der Waals surface area contributed by atoms with Crippen molar-refractivity contribution in [2.45, 2.75) is 13.3 Å². The lowest BCUT2D eigenvalue weighted by Gasteiger charge is -2.16. The minimum Gasteiger partial charge on any atom is -0.399 e. The van der Waals surface area contributed by atoms with E-state index in [1.54, 1.807) is 0 Å². The maximum atomic E-state index is 5.73. The van der Waals surface area contributed by atoms with Gasteiger partial charge in [0.05, 0.1) is 12.3 Å². The van der Waals surface area contributed by atoms with Crippen LogP contribution in [0.4, 0.5) is 11.4 Å². The van der Waals surface area contributed by atoms with E-state index in [4.69, 9.17) is 10.6 Å². The highest BCUT2D eigenvalue weighted by molar-refractivity contribution is 5.57. The van der Waals surface area contributed by atoms with E-state index < -0.39 is 0 Å². The van der Waals surface area contributed by atoms with Crippen LogP contribution in [-0.4, -0.2) is 13.2 Å². The van der Waals surface area contributed by atoms with E-state index in [0.29, 0.717) is 0 Å². The zero-order valence-corrected chi connectivity index (χ0v) is 7.79. The third-order valence-electron chi connectivity index (χ3n) is 2.29. The summed E-state index contributed by atoms with van der Waals surface area (Å²) in [5.41, 5.74) is 8.77. The van der Waals surface area contributed by atoms with Gasteiger partial charge in [0.2, 0.25) is 0 Å². The van der Waals surface area contributed by atoms with Crippen LogP contribution in [0.1, 0.15) is 12.0 Å². The maximum absolute atomic E-state index is 5.73. The van der Waals surface area contributed by atoms with E-state index in [1.807, 2.05) is 24.1 Å². The highest BCUT2D eigenvalue weighted by Gasteiger charge is 2.13. The van der Waals surface area contributed by atoms with Crippen molar-refractivity contribution in [3.8, 4) is 0 Å². The molecule has 2 N–H and O–H groups in total. The fraction of sp³-hybridized carbons (Fsp3) is 0.400. The van der Waals surface area contributed by atoms with Gasteiger partial charge in [0.1, 0.15) is 0 Å². The summed E-state index contributed by atoms with van der Waals surface area (Å²) in [7, 11) is 0. The maximum Gasteiger partial charge on any atom is 0.0766 e. The summed E-state index contributed by atoms with van der Waals surface area (Å²) in [4.78, 5) is 5.43. The summed E-state index contributed by atoms with van der Waals surface area (Å²) in [6, 6.07) is 5.97. The van der Waals surface area contributed by atoms with Crippen LogP contribution in [0.25, 0.3) is 0 Å². The molecule has 1 aromatic carbocycles. The molecule has 1 saturated heterocycles. The smallest absolute Gasteiger partial charge is 0.0766 e. The molecule has 3 heteroatoms. The average Bonchev–Trinajstić information content (AvgIpc) is 2.62. The van der Waals surface area contributed by atoms with Gasteiger partial charge >= 0.3 is 0 Å². The zero-order valence-electron chi connectivity index (χ0n) is 7.79. The Bertz CT molecular complexity index is 306. The van der Waals surface area contributed by atoms with Crippen molar-refractivity contribution in [3.63, 3.8) is 0 Å². The number of anilines is 2. The summed E-state index contributed by atoms with van der Waals surface area (Å²) in [6.07, 6.45) is 1.10. The molecule has 70 valence electrons. The van der Waals surface area contributed by atoms with Crippen molar-refractivity contribution in [1.29, 1.82) is 0 Å². The Morgan fingerprint density at radius 3 is 2.92 bits per heavy atom. The molecule has 0 unspecified atom stereocenters. The van der Waals surface area contributed by atoms with Gasteiger partial charge in [-0.3, -0.25) is 9.90 Å². The SMILES string of the molecule is Cc1cc(N2CCCO2)ccc1N. The topological polar surface area (TPSA) is 38.5 Å². The van der Waals surface area contributed by atoms with Gasteiger partial charge in [-0.05, 0) is 37.1 Å². The summed E-state index contributed by atoms with van der Waals surface area (Å²) in [6.45, 7) is 3.81. The van der Waals surface area contributed by atoms with Crippen molar-refractivity contribution in [1.82, 2.24) is 0 Å². The second kappa shape index (κ2) is 3.26. The van der Waals surface area contributed by atoms with Crippen LogP contribution in [0.2, 0.25) is 0 Å². The Kier molecular flexibility index (Phi) is 2.10. The Hall–Kier alpha value is -1.22. The molecule has 0 bridgehead atoms. The molecule has 1 aliphatic rings. The lowest BCUT2D eigenvalue weighted by molar-refractivity contribution is 0.168. The average molecular weight is 178 g/mol. The van der Waals surface area contributed by atoms with Crippen molar-refractivity contribution in [2.24, 2.45) is 0 Å². The molecular formula is C10H14N2O. The van der Waals surface area contributed by atoms with Gasteiger partial charge < -0.3 is 5.73 Å². The molecule has 0 aromatic heterocycles. The van der Waals surface area contributed by atoms with Crippen LogP contribution in [0.5, 0.6) is 0 Å². The standard InChI is InChI=1S/C10H14N2O/c1-8-7-9(3-4-10(8)11)12-5-2-6-13-12/h3-4,7H,2,5-6,11H2,1H3. The number of benzene rings is 1. The monoisotopic (exact) mass is 178 g/mol. The van der Waals surface area contributed by atoms with E-state index in [-0.39, 0.29) is 0 Å². The number of hydrogen-bond donors (Lipinski definition) is 1. The van der Waals surface area contributed by atoms with Gasteiger partial charge in [-0.2, -0.15) is 0 Å². The molecule has 13 heavy (non-hydrogen) atoms. The highest BCUT2D eigenvalue weighted by atomic mass is 16.7. The number of hydrogen-bond acceptors (Lipinski definition) is 3. The minimum atomic E-state index is 0.823. The van der Waals surface area contributed by atoms with Crippen LogP contribution in [0.3, 0.4) is 0 Å². The van der Waals surface area contributed by atoms with Crippen molar-refractivity contribution in [3.05, 3.63) is 23.8 Å². The predicted molar refractivity (Wildman–Crippen MR) is 53.5 cm³/mol. The quantitative estimate of drug-likeness (QED) is 0.665. The van der Waals surface area contributed by atoms with Crippen LogP contribution in [-0.2, 0) is 4.84 Å². The lowest BCUT2D eigenvalue weighted by Crippen LogP contribution is -2.16. The number of nitrogen functional groups attached to an aromatic ring is 1. The summed E-state index contributed by atoms with van der Waals surface area (Å²) < 4.78 is 0. The first-order valence-corrected chi connectivity index (χ1v) is 4.54. The van der Waals surface area contributed by atoms with Gasteiger partial charge in [-0.1, -0.05) is 0 Å². The van der Waals surface area contributed by atoms with E-state index in [1.165, 1.54) is 0 Å². The first kappa shape index (κ1) is 8.38. The fourth-order valence-corrected chi connectivity index (χ4v) is 1.47. The lowest BCUT2D eigenvalue weighted by atomic mass is 10.2. The first-order valence-electron chi connectivity index (χ1n) is 4.54. The zero-order chi connectivity index (χ0) is 9.26. The Morgan fingerprint density at radius 2 is 2.31 bits per heavy atom. The number of nitrogens with zero attached hydrogens (tertiary/aromatic N) is 1. The van der Waals surface area contributed by atoms with Gasteiger partial charge in [-0.15, -0.1) is 0 Å². The van der Waals surface area contributed by atoms with E-state index >= 15 is 0 Å². The Morgan fingerprint density at radius 1 is 1.46 bits per heavy atom. The van der Waals surface area contributed by atoms with Crippen molar-refractivity contribution < 1.29 is 4.84 Å². The summed E-state index contributed by atoms with van der Waals surface area (Å²) >= 11 is 0. The third-order valence-corrected chi connectivity index (χ3v) is 2.29. The number of rotatable bonds is 1. The van der Waals surface area contributed by atoms with Gasteiger partial charge in [-0.25, -0.2) is 0 Å². The minimum absolute atomic E-state index is 0.823. The number of aryl methyl sites for hydroxylation is 1. The molecule has 1 fully saturated rings. The van der Waals surface area contributed by atoms with Crippen LogP contribution < -0.4 is 10.8 Å². The molecule has 0 aliphatic carbocycles. The Balaban J connectivity index is 2.25. The molecule has 1 aromatic rings. The molecule has 0 atom stereocenters. The molecule has 3 nitrogen and oxygen atoms in total. The second-order valence-corrected chi connectivity index (χ2v) is 3.33. The molecule has 0 radical (unpaired) electrons. The first-order chi connectivity index (χ1) is 6.27. The molecule has 1 aliphatic heterocycles. The Labute approximate surface area is 78.1 Å². The molecule has 0 amide bonds.